The summed E-state index contributed by atoms with van der Waals surface area (Å²) in [5.74, 6) is 1.28. The van der Waals surface area contributed by atoms with Gasteiger partial charge in [-0.25, -0.2) is 4.68 Å². The molecule has 0 aliphatic rings. The van der Waals surface area contributed by atoms with Crippen molar-refractivity contribution >= 4 is 11.4 Å². The van der Waals surface area contributed by atoms with Gasteiger partial charge in [0.1, 0.15) is 17.3 Å². The van der Waals surface area contributed by atoms with Crippen LogP contribution in [0.4, 0.5) is 0 Å². The SMILES string of the molecule is O=C(NCc1ccco1)c1ccnn1-c1ccc2ccc(-c3ccccc3)cn12. The van der Waals surface area contributed by atoms with E-state index in [1.54, 1.807) is 29.3 Å². The first-order valence-corrected chi connectivity index (χ1v) is 9.31. The van der Waals surface area contributed by atoms with E-state index in [9.17, 15) is 4.79 Å². The van der Waals surface area contributed by atoms with Crippen LogP contribution in [0, 0.1) is 0 Å². The zero-order chi connectivity index (χ0) is 19.6. The summed E-state index contributed by atoms with van der Waals surface area (Å²) >= 11 is 0. The normalized spacial score (nSPS) is 11.0. The molecule has 0 atom stereocenters. The fraction of sp³-hybridized carbons (Fsp3) is 0.0435. The van der Waals surface area contributed by atoms with E-state index in [2.05, 4.69) is 40.9 Å². The third-order valence-corrected chi connectivity index (χ3v) is 4.83. The van der Waals surface area contributed by atoms with Crippen molar-refractivity contribution in [2.24, 2.45) is 0 Å². The highest BCUT2D eigenvalue weighted by atomic mass is 16.3. The predicted molar refractivity (Wildman–Crippen MR) is 110 cm³/mol. The minimum atomic E-state index is -0.215. The first-order chi connectivity index (χ1) is 14.3. The molecule has 0 aliphatic heterocycles. The van der Waals surface area contributed by atoms with Gasteiger partial charge in [-0.3, -0.25) is 4.79 Å². The molecule has 0 aliphatic carbocycles. The van der Waals surface area contributed by atoms with Crippen molar-refractivity contribution in [3.63, 3.8) is 0 Å². The molecule has 0 radical (unpaired) electrons. The molecule has 6 heteroatoms. The Balaban J connectivity index is 1.50. The number of furan rings is 1. The number of rotatable bonds is 5. The molecule has 1 N–H and O–H groups in total. The van der Waals surface area contributed by atoms with Crippen molar-refractivity contribution in [1.29, 1.82) is 0 Å². The molecule has 5 rings (SSSR count). The lowest BCUT2D eigenvalue weighted by Crippen LogP contribution is -2.25. The molecule has 0 unspecified atom stereocenters. The second kappa shape index (κ2) is 7.16. The Morgan fingerprint density at radius 2 is 1.79 bits per heavy atom. The fourth-order valence-corrected chi connectivity index (χ4v) is 3.39. The van der Waals surface area contributed by atoms with Gasteiger partial charge < -0.3 is 14.1 Å². The maximum absolute atomic E-state index is 12.7. The molecule has 1 amide bonds. The van der Waals surface area contributed by atoms with Gasteiger partial charge in [0.05, 0.1) is 19.0 Å². The first kappa shape index (κ1) is 17.1. The van der Waals surface area contributed by atoms with Crippen molar-refractivity contribution in [3.8, 4) is 16.9 Å². The van der Waals surface area contributed by atoms with Crippen molar-refractivity contribution in [3.05, 3.63) is 103 Å². The van der Waals surface area contributed by atoms with Crippen molar-refractivity contribution in [2.45, 2.75) is 6.54 Å². The number of hydrogen-bond acceptors (Lipinski definition) is 3. The molecule has 0 bridgehead atoms. The molecular weight excluding hydrogens is 364 g/mol. The van der Waals surface area contributed by atoms with Crippen LogP contribution in [0.3, 0.4) is 0 Å². The van der Waals surface area contributed by atoms with E-state index in [4.69, 9.17) is 4.42 Å². The van der Waals surface area contributed by atoms with Crippen LogP contribution in [-0.4, -0.2) is 20.1 Å². The Morgan fingerprint density at radius 1 is 0.931 bits per heavy atom. The summed E-state index contributed by atoms with van der Waals surface area (Å²) < 4.78 is 8.97. The van der Waals surface area contributed by atoms with Gasteiger partial charge >= 0.3 is 0 Å². The predicted octanol–water partition coefficient (Wildman–Crippen LogP) is 4.32. The van der Waals surface area contributed by atoms with Crippen LogP contribution in [-0.2, 0) is 6.54 Å². The average molecular weight is 382 g/mol. The zero-order valence-electron chi connectivity index (χ0n) is 15.5. The summed E-state index contributed by atoms with van der Waals surface area (Å²) in [5, 5.41) is 7.26. The summed E-state index contributed by atoms with van der Waals surface area (Å²) in [5.41, 5.74) is 3.70. The van der Waals surface area contributed by atoms with Crippen LogP contribution in [0.2, 0.25) is 0 Å². The number of pyridine rings is 1. The molecule has 0 saturated carbocycles. The number of amides is 1. The van der Waals surface area contributed by atoms with Gasteiger partial charge in [0, 0.05) is 11.7 Å². The standard InChI is InChI=1S/C23H18N4O2/c28-23(24-15-20-7-4-14-29-20)21-12-13-25-27(21)22-11-10-19-9-8-18(16-26(19)22)17-5-2-1-3-6-17/h1-14,16H,15H2,(H,24,28). The van der Waals surface area contributed by atoms with E-state index in [-0.39, 0.29) is 5.91 Å². The Bertz CT molecular complexity index is 1270. The molecular formula is C23H18N4O2. The van der Waals surface area contributed by atoms with Crippen LogP contribution in [0.15, 0.2) is 95.9 Å². The van der Waals surface area contributed by atoms with E-state index < -0.39 is 0 Å². The monoisotopic (exact) mass is 382 g/mol. The molecule has 0 saturated heterocycles. The summed E-state index contributed by atoms with van der Waals surface area (Å²) in [4.78, 5) is 12.7. The first-order valence-electron chi connectivity index (χ1n) is 9.31. The number of nitrogens with zero attached hydrogens (tertiary/aromatic N) is 3. The van der Waals surface area contributed by atoms with E-state index in [1.807, 2.05) is 40.8 Å². The number of hydrogen-bond donors (Lipinski definition) is 1. The van der Waals surface area contributed by atoms with Gasteiger partial charge in [-0.2, -0.15) is 5.10 Å². The lowest BCUT2D eigenvalue weighted by molar-refractivity contribution is 0.0940. The van der Waals surface area contributed by atoms with Crippen LogP contribution >= 0.6 is 0 Å². The quantitative estimate of drug-likeness (QED) is 0.492. The third-order valence-electron chi connectivity index (χ3n) is 4.83. The minimum absolute atomic E-state index is 0.215. The summed E-state index contributed by atoms with van der Waals surface area (Å²) in [6, 6.07) is 23.6. The lowest BCUT2D eigenvalue weighted by atomic mass is 10.1. The van der Waals surface area contributed by atoms with Gasteiger partial charge in [0.15, 0.2) is 0 Å². The lowest BCUT2D eigenvalue weighted by Gasteiger charge is -2.10. The van der Waals surface area contributed by atoms with Gasteiger partial charge in [0.2, 0.25) is 0 Å². The summed E-state index contributed by atoms with van der Waals surface area (Å²) in [7, 11) is 0. The van der Waals surface area contributed by atoms with Gasteiger partial charge in [-0.1, -0.05) is 36.4 Å². The Labute approximate surface area is 167 Å². The molecule has 5 aromatic rings. The third kappa shape index (κ3) is 3.21. The molecule has 142 valence electrons. The van der Waals surface area contributed by atoms with Gasteiger partial charge in [-0.15, -0.1) is 0 Å². The maximum atomic E-state index is 12.7. The Kier molecular flexibility index (Phi) is 4.22. The Morgan fingerprint density at radius 3 is 2.62 bits per heavy atom. The number of carbonyl (C=O) groups excluding carboxylic acids is 1. The van der Waals surface area contributed by atoms with Crippen molar-refractivity contribution in [2.75, 3.05) is 0 Å². The van der Waals surface area contributed by atoms with Crippen LogP contribution < -0.4 is 5.32 Å². The topological polar surface area (TPSA) is 64.5 Å². The number of carbonyl (C=O) groups is 1. The highest BCUT2D eigenvalue weighted by molar-refractivity contribution is 5.93. The van der Waals surface area contributed by atoms with Gasteiger partial charge in [-0.05, 0) is 47.5 Å². The Hall–Kier alpha value is -4.06. The largest absolute Gasteiger partial charge is 0.467 e. The number of fused-ring (bicyclic) bond motifs is 1. The molecule has 6 nitrogen and oxygen atoms in total. The highest BCUT2D eigenvalue weighted by Gasteiger charge is 2.16. The molecule has 1 aromatic carbocycles. The summed E-state index contributed by atoms with van der Waals surface area (Å²) in [6.07, 6.45) is 5.28. The van der Waals surface area contributed by atoms with Crippen molar-refractivity contribution in [1.82, 2.24) is 19.5 Å². The fourth-order valence-electron chi connectivity index (χ4n) is 3.39. The van der Waals surface area contributed by atoms with Crippen molar-refractivity contribution < 1.29 is 9.21 Å². The molecule has 0 fully saturated rings. The van der Waals surface area contributed by atoms with E-state index in [0.29, 0.717) is 18.0 Å². The second-order valence-corrected chi connectivity index (χ2v) is 6.66. The average Bonchev–Trinajstić information content (AvgIpc) is 3.52. The molecule has 29 heavy (non-hydrogen) atoms. The number of nitrogens with one attached hydrogen (secondary N) is 1. The smallest absolute Gasteiger partial charge is 0.270 e. The molecule has 4 heterocycles. The summed E-state index contributed by atoms with van der Waals surface area (Å²) in [6.45, 7) is 0.323. The second-order valence-electron chi connectivity index (χ2n) is 6.66. The van der Waals surface area contributed by atoms with Crippen LogP contribution in [0.5, 0.6) is 0 Å². The zero-order valence-corrected chi connectivity index (χ0v) is 15.5. The number of aromatic nitrogens is 3. The van der Waals surface area contributed by atoms with E-state index in [1.165, 1.54) is 0 Å². The van der Waals surface area contributed by atoms with Gasteiger partial charge in [0.25, 0.3) is 5.91 Å². The van der Waals surface area contributed by atoms with E-state index in [0.717, 1.165) is 22.5 Å². The van der Waals surface area contributed by atoms with Crippen LogP contribution in [0.25, 0.3) is 22.5 Å². The molecule has 0 spiro atoms. The van der Waals surface area contributed by atoms with E-state index >= 15 is 0 Å². The minimum Gasteiger partial charge on any atom is -0.467 e. The molecule has 4 aromatic heterocycles. The van der Waals surface area contributed by atoms with Crippen LogP contribution in [0.1, 0.15) is 16.2 Å². The highest BCUT2D eigenvalue weighted by Crippen LogP contribution is 2.23. The maximum Gasteiger partial charge on any atom is 0.270 e. The number of benzene rings is 1.